The molecule has 0 aromatic heterocycles. The van der Waals surface area contributed by atoms with Crippen LogP contribution in [0.25, 0.3) is 0 Å². The normalized spacial score (nSPS) is 22.6. The molecule has 4 rings (SSSR count). The Morgan fingerprint density at radius 1 is 1.00 bits per heavy atom. The third-order valence-corrected chi connectivity index (χ3v) is 7.10. The molecule has 2 aromatic carbocycles. The number of piperazine rings is 1. The maximum atomic E-state index is 13.4. The van der Waals surface area contributed by atoms with Gasteiger partial charge in [0.15, 0.2) is 0 Å². The van der Waals surface area contributed by atoms with Crippen LogP contribution in [-0.2, 0) is 16.8 Å². The van der Waals surface area contributed by atoms with E-state index in [0.29, 0.717) is 30.9 Å². The highest BCUT2D eigenvalue weighted by atomic mass is 19.1. The number of hydrogen-bond donors (Lipinski definition) is 1. The highest BCUT2D eigenvalue weighted by molar-refractivity contribution is 5.87. The summed E-state index contributed by atoms with van der Waals surface area (Å²) in [4.78, 5) is 17.9. The summed E-state index contributed by atoms with van der Waals surface area (Å²) in [7, 11) is 0. The molecule has 0 aliphatic carbocycles. The number of carbonyl (C=O) groups is 1. The van der Waals surface area contributed by atoms with Gasteiger partial charge in [0.25, 0.3) is 0 Å². The number of piperidine rings is 1. The molecular weight excluding hydrogens is 429 g/mol. The van der Waals surface area contributed by atoms with Crippen molar-refractivity contribution in [3.63, 3.8) is 0 Å². The molecule has 184 valence electrons. The molecule has 0 radical (unpaired) electrons. The van der Waals surface area contributed by atoms with Crippen molar-refractivity contribution in [1.29, 1.82) is 0 Å². The van der Waals surface area contributed by atoms with E-state index in [1.165, 1.54) is 17.7 Å². The largest absolute Gasteiger partial charge is 0.490 e. The van der Waals surface area contributed by atoms with Crippen molar-refractivity contribution >= 4 is 5.91 Å². The van der Waals surface area contributed by atoms with Crippen LogP contribution in [0.2, 0.25) is 0 Å². The van der Waals surface area contributed by atoms with Gasteiger partial charge in [-0.15, -0.1) is 0 Å². The number of hydrogen-bond acceptors (Lipinski definition) is 4. The molecule has 1 amide bonds. The molecule has 2 saturated heterocycles. The van der Waals surface area contributed by atoms with E-state index < -0.39 is 5.41 Å². The number of nitrogens with one attached hydrogen (secondary N) is 1. The zero-order chi connectivity index (χ0) is 24.3. The highest BCUT2D eigenvalue weighted by Crippen LogP contribution is 2.29. The monoisotopic (exact) mass is 467 g/mol. The Hall–Kier alpha value is -2.44. The van der Waals surface area contributed by atoms with Gasteiger partial charge in [0, 0.05) is 57.6 Å². The van der Waals surface area contributed by atoms with Gasteiger partial charge in [-0.2, -0.15) is 0 Å². The van der Waals surface area contributed by atoms with E-state index in [0.717, 1.165) is 38.0 Å². The van der Waals surface area contributed by atoms with Crippen molar-refractivity contribution in [2.45, 2.75) is 70.7 Å². The number of benzene rings is 2. The van der Waals surface area contributed by atoms with Gasteiger partial charge in [-0.3, -0.25) is 9.69 Å². The smallest absolute Gasteiger partial charge is 0.232 e. The number of likely N-dealkylation sites (tertiary alicyclic amines) is 1. The van der Waals surface area contributed by atoms with E-state index in [2.05, 4.69) is 48.3 Å². The van der Waals surface area contributed by atoms with E-state index >= 15 is 0 Å². The molecule has 5 nitrogen and oxygen atoms in total. The lowest BCUT2D eigenvalue weighted by atomic mass is 9.82. The summed E-state index contributed by atoms with van der Waals surface area (Å²) in [6.45, 7) is 12.9. The van der Waals surface area contributed by atoms with Crippen molar-refractivity contribution in [1.82, 2.24) is 15.1 Å². The molecule has 34 heavy (non-hydrogen) atoms. The van der Waals surface area contributed by atoms with Crippen molar-refractivity contribution in [3.05, 3.63) is 65.5 Å². The quantitative estimate of drug-likeness (QED) is 0.686. The van der Waals surface area contributed by atoms with Gasteiger partial charge in [-0.25, -0.2) is 4.39 Å². The lowest BCUT2D eigenvalue weighted by Crippen LogP contribution is -2.53. The predicted molar refractivity (Wildman–Crippen MR) is 133 cm³/mol. The summed E-state index contributed by atoms with van der Waals surface area (Å²) in [5, 5.41) is 3.58. The first-order chi connectivity index (χ1) is 16.2. The molecule has 2 fully saturated rings. The zero-order valence-electron chi connectivity index (χ0n) is 20.9. The minimum Gasteiger partial charge on any atom is -0.490 e. The molecule has 2 atom stereocenters. The molecule has 2 heterocycles. The average molecular weight is 468 g/mol. The van der Waals surface area contributed by atoms with E-state index in [9.17, 15) is 9.18 Å². The molecule has 2 aliphatic rings. The van der Waals surface area contributed by atoms with E-state index in [-0.39, 0.29) is 17.8 Å². The Morgan fingerprint density at radius 2 is 1.59 bits per heavy atom. The van der Waals surface area contributed by atoms with Crippen molar-refractivity contribution in [3.8, 4) is 5.75 Å². The van der Waals surface area contributed by atoms with Gasteiger partial charge in [0.05, 0.1) is 5.41 Å². The number of halogens is 1. The first-order valence-electron chi connectivity index (χ1n) is 12.5. The Morgan fingerprint density at radius 3 is 2.18 bits per heavy atom. The van der Waals surface area contributed by atoms with Crippen LogP contribution in [0, 0.1) is 5.82 Å². The Labute approximate surface area is 203 Å². The zero-order valence-corrected chi connectivity index (χ0v) is 20.9. The lowest BCUT2D eigenvalue weighted by Gasteiger charge is -2.37. The van der Waals surface area contributed by atoms with Crippen LogP contribution in [0.4, 0.5) is 4.39 Å². The second-order valence-corrected chi connectivity index (χ2v) is 10.5. The molecule has 0 bridgehead atoms. The van der Waals surface area contributed by atoms with Crippen molar-refractivity contribution in [2.24, 2.45) is 0 Å². The number of nitrogens with zero attached hydrogens (tertiary/aromatic N) is 2. The molecule has 0 saturated carbocycles. The van der Waals surface area contributed by atoms with Crippen LogP contribution in [0.3, 0.4) is 0 Å². The topological polar surface area (TPSA) is 44.8 Å². The lowest BCUT2D eigenvalue weighted by molar-refractivity contribution is -0.138. The van der Waals surface area contributed by atoms with E-state index in [1.807, 2.05) is 18.7 Å². The number of ether oxygens (including phenoxy) is 1. The summed E-state index contributed by atoms with van der Waals surface area (Å²) >= 11 is 0. The fraction of sp³-hybridized carbons (Fsp3) is 0.536. The summed E-state index contributed by atoms with van der Waals surface area (Å²) in [6.07, 6.45) is 1.60. The van der Waals surface area contributed by atoms with Gasteiger partial charge in [0.1, 0.15) is 17.7 Å². The van der Waals surface area contributed by atoms with Crippen LogP contribution in [0.5, 0.6) is 5.75 Å². The molecule has 2 aliphatic heterocycles. The number of carbonyl (C=O) groups excluding carboxylic acids is 1. The van der Waals surface area contributed by atoms with E-state index in [1.54, 1.807) is 12.1 Å². The van der Waals surface area contributed by atoms with Crippen LogP contribution in [0.15, 0.2) is 48.5 Å². The first kappa shape index (κ1) is 24.7. The summed E-state index contributed by atoms with van der Waals surface area (Å²) in [6, 6.07) is 15.7. The van der Waals surface area contributed by atoms with Crippen LogP contribution < -0.4 is 10.1 Å². The van der Waals surface area contributed by atoms with Crippen LogP contribution in [-0.4, -0.2) is 60.1 Å². The third kappa shape index (κ3) is 5.97. The maximum Gasteiger partial charge on any atom is 0.232 e. The summed E-state index contributed by atoms with van der Waals surface area (Å²) < 4.78 is 19.1. The standard InChI is InChI=1S/C28H38FN3O2/c1-20-17-31(18-21(2)30-20)19-22-5-7-23(8-6-22)28(3,4)27(33)32-15-13-26(14-16-32)34-25-11-9-24(29)10-12-25/h5-12,20-21,26,30H,13-19H2,1-4H3/t20-,21+. The molecular formula is C28H38FN3O2. The van der Waals surface area contributed by atoms with Gasteiger partial charge in [0.2, 0.25) is 5.91 Å². The fourth-order valence-corrected chi connectivity index (χ4v) is 5.26. The third-order valence-electron chi connectivity index (χ3n) is 7.10. The Bertz CT molecular complexity index is 943. The van der Waals surface area contributed by atoms with E-state index in [4.69, 9.17) is 4.74 Å². The SMILES string of the molecule is C[C@@H]1CN(Cc2ccc(C(C)(C)C(=O)N3CCC(Oc4ccc(F)cc4)CC3)cc2)C[C@H](C)N1. The Balaban J connectivity index is 1.31. The fourth-order valence-electron chi connectivity index (χ4n) is 5.26. The van der Waals surface area contributed by atoms with Crippen molar-refractivity contribution in [2.75, 3.05) is 26.2 Å². The molecule has 1 N–H and O–H groups in total. The maximum absolute atomic E-state index is 13.4. The minimum absolute atomic E-state index is 0.0485. The number of rotatable bonds is 6. The predicted octanol–water partition coefficient (Wildman–Crippen LogP) is 4.36. The molecule has 0 spiro atoms. The highest BCUT2D eigenvalue weighted by Gasteiger charge is 2.36. The first-order valence-corrected chi connectivity index (χ1v) is 12.5. The Kier molecular flexibility index (Phi) is 7.58. The van der Waals surface area contributed by atoms with Gasteiger partial charge < -0.3 is 15.0 Å². The second-order valence-electron chi connectivity index (χ2n) is 10.5. The van der Waals surface area contributed by atoms with Gasteiger partial charge in [-0.1, -0.05) is 24.3 Å². The minimum atomic E-state index is -0.582. The summed E-state index contributed by atoms with van der Waals surface area (Å²) in [5.74, 6) is 0.567. The molecule has 2 aromatic rings. The van der Waals surface area contributed by atoms with Crippen molar-refractivity contribution < 1.29 is 13.9 Å². The van der Waals surface area contributed by atoms with Gasteiger partial charge >= 0.3 is 0 Å². The number of amides is 1. The van der Waals surface area contributed by atoms with Crippen LogP contribution >= 0.6 is 0 Å². The van der Waals surface area contributed by atoms with Crippen LogP contribution in [0.1, 0.15) is 51.7 Å². The molecule has 0 unspecified atom stereocenters. The molecule has 6 heteroatoms. The summed E-state index contributed by atoms with van der Waals surface area (Å²) in [5.41, 5.74) is 1.75. The second kappa shape index (κ2) is 10.4. The van der Waals surface area contributed by atoms with Gasteiger partial charge in [-0.05, 0) is 63.1 Å². The average Bonchev–Trinajstić information content (AvgIpc) is 2.80.